The first-order valence-corrected chi connectivity index (χ1v) is 28.9. The van der Waals surface area contributed by atoms with Gasteiger partial charge in [-0.1, -0.05) is 78.9 Å². The maximum Gasteiger partial charge on any atom is 0.164 e. The molecule has 0 radical (unpaired) electrons. The van der Waals surface area contributed by atoms with Crippen LogP contribution in [0.3, 0.4) is 0 Å². The lowest BCUT2D eigenvalue weighted by atomic mass is 9.98. The van der Waals surface area contributed by atoms with Crippen molar-refractivity contribution >= 4 is 43.6 Å². The third-order valence-corrected chi connectivity index (χ3v) is 15.6. The van der Waals surface area contributed by atoms with E-state index in [9.17, 15) is 0 Å². The number of rotatable bonds is 10. The first kappa shape index (κ1) is 53.2. The molecule has 0 saturated carbocycles. The van der Waals surface area contributed by atoms with E-state index in [-0.39, 0.29) is 0 Å². The summed E-state index contributed by atoms with van der Waals surface area (Å²) in [5.41, 5.74) is 13.5. The van der Waals surface area contributed by atoms with Crippen LogP contribution in [0.2, 0.25) is 0 Å². The third-order valence-electron chi connectivity index (χ3n) is 15.6. The van der Waals surface area contributed by atoms with Gasteiger partial charge in [-0.25, -0.2) is 74.8 Å². The minimum atomic E-state index is 0.518. The van der Waals surface area contributed by atoms with Crippen molar-refractivity contribution in [3.05, 3.63) is 223 Å². The summed E-state index contributed by atoms with van der Waals surface area (Å²) < 4.78 is 4.70. The first-order valence-electron chi connectivity index (χ1n) is 28.9. The lowest BCUT2D eigenvalue weighted by Crippen LogP contribution is -2.04. The Labute approximate surface area is 505 Å². The molecule has 0 unspecified atom stereocenters. The van der Waals surface area contributed by atoms with Crippen LogP contribution in [0.1, 0.15) is 46.6 Å². The molecule has 0 atom stereocenters. The maximum absolute atomic E-state index is 5.28. The summed E-state index contributed by atoms with van der Waals surface area (Å²) in [4.78, 5) is 72.2. The highest BCUT2D eigenvalue weighted by molar-refractivity contribution is 6.14. The van der Waals surface area contributed by atoms with Gasteiger partial charge in [0, 0.05) is 71.6 Å². The van der Waals surface area contributed by atoms with Gasteiger partial charge in [0.2, 0.25) is 0 Å². The zero-order valence-corrected chi connectivity index (χ0v) is 49.3. The van der Waals surface area contributed by atoms with Crippen molar-refractivity contribution in [2.75, 3.05) is 0 Å². The van der Waals surface area contributed by atoms with Gasteiger partial charge in [-0.15, -0.1) is 0 Å². The summed E-state index contributed by atoms with van der Waals surface area (Å²) in [6.45, 7) is 15.1. The molecule has 7 heterocycles. The fourth-order valence-corrected chi connectivity index (χ4v) is 12.0. The number of aryl methyl sites for hydroxylation is 8. The summed E-state index contributed by atoms with van der Waals surface area (Å²) in [6.07, 6.45) is 0. The normalized spacial score (nSPS) is 11.6. The molecular weight excluding hydrogens is 1090 g/mol. The minimum Gasteiger partial charge on any atom is -0.309 e. The Morgan fingerprint density at radius 1 is 0.205 bits per heavy atom. The van der Waals surface area contributed by atoms with Gasteiger partial charge in [0.1, 0.15) is 46.6 Å². The summed E-state index contributed by atoms with van der Waals surface area (Å²) in [5.74, 6) is 9.19. The molecule has 0 saturated heterocycles. The van der Waals surface area contributed by atoms with Crippen LogP contribution in [-0.4, -0.2) is 83.9 Å². The number of fused-ring (bicyclic) bond motifs is 6. The second-order valence-corrected chi connectivity index (χ2v) is 21.9. The van der Waals surface area contributed by atoms with Crippen LogP contribution in [0.4, 0.5) is 0 Å². The standard InChI is InChI=1S/C71H53N17/c1-38-72-39(2)77-67(76-38)48-23-29-61-55(34-48)56-35-49(68-78-40(3)73-41(4)79-68)24-30-62(56)87(61)59-22-16-15-21-53(59)54-33-52(71-85-65(46-17-11-9-12-18-46)84-66(86-71)47-19-13-10-14-20-47)27-28-60(54)88-63-31-25-50(69-80-42(5)74-43(6)81-69)36-57(63)58-37-51(26-32-64(58)88)70-82-44(7)75-45(8)83-70/h9-37H,1-8H3. The molecule has 7 aromatic heterocycles. The van der Waals surface area contributed by atoms with Gasteiger partial charge in [0.05, 0.1) is 33.4 Å². The molecule has 0 aliphatic rings. The molecule has 0 N–H and O–H groups in total. The Hall–Kier alpha value is -11.6. The summed E-state index contributed by atoms with van der Waals surface area (Å²) in [7, 11) is 0. The second-order valence-electron chi connectivity index (χ2n) is 21.9. The van der Waals surface area contributed by atoms with Gasteiger partial charge in [-0.3, -0.25) is 0 Å². The van der Waals surface area contributed by atoms with Gasteiger partial charge >= 0.3 is 0 Å². The van der Waals surface area contributed by atoms with Crippen LogP contribution in [0.5, 0.6) is 0 Å². The molecule has 88 heavy (non-hydrogen) atoms. The molecule has 0 bridgehead atoms. The summed E-state index contributed by atoms with van der Waals surface area (Å²) in [5, 5.41) is 3.94. The number of benzene rings is 8. The van der Waals surface area contributed by atoms with Gasteiger partial charge in [0.15, 0.2) is 40.8 Å². The zero-order chi connectivity index (χ0) is 59.9. The van der Waals surface area contributed by atoms with Crippen molar-refractivity contribution in [3.8, 4) is 102 Å². The van der Waals surface area contributed by atoms with Gasteiger partial charge in [-0.05, 0) is 152 Å². The van der Waals surface area contributed by atoms with Crippen LogP contribution < -0.4 is 0 Å². The molecule has 0 aliphatic carbocycles. The molecule has 15 aromatic rings. The van der Waals surface area contributed by atoms with Crippen molar-refractivity contribution in [1.29, 1.82) is 0 Å². The molecular formula is C71H53N17. The fourth-order valence-electron chi connectivity index (χ4n) is 12.0. The van der Waals surface area contributed by atoms with E-state index in [2.05, 4.69) is 144 Å². The largest absolute Gasteiger partial charge is 0.309 e. The first-order chi connectivity index (χ1) is 42.8. The molecule has 8 aromatic carbocycles. The predicted octanol–water partition coefficient (Wildman–Crippen LogP) is 14.6. The molecule has 0 fully saturated rings. The lowest BCUT2D eigenvalue weighted by Gasteiger charge is -2.20. The smallest absolute Gasteiger partial charge is 0.164 e. The lowest BCUT2D eigenvalue weighted by molar-refractivity contribution is 0.928. The van der Waals surface area contributed by atoms with Crippen LogP contribution in [-0.2, 0) is 0 Å². The summed E-state index contributed by atoms with van der Waals surface area (Å²) >= 11 is 0. The Bertz CT molecular complexity index is 4970. The van der Waals surface area contributed by atoms with E-state index in [0.717, 1.165) is 105 Å². The highest BCUT2D eigenvalue weighted by Crippen LogP contribution is 2.44. The summed E-state index contributed by atoms with van der Waals surface area (Å²) in [6, 6.07) is 61.0. The molecule has 0 spiro atoms. The fraction of sp³-hybridized carbons (Fsp3) is 0.113. The van der Waals surface area contributed by atoms with E-state index < -0.39 is 0 Å². The van der Waals surface area contributed by atoms with Gasteiger partial charge in [-0.2, -0.15) is 0 Å². The number of aromatic nitrogens is 17. The van der Waals surface area contributed by atoms with E-state index >= 15 is 0 Å². The van der Waals surface area contributed by atoms with Crippen molar-refractivity contribution in [3.63, 3.8) is 0 Å². The van der Waals surface area contributed by atoms with Crippen molar-refractivity contribution < 1.29 is 0 Å². The Morgan fingerprint density at radius 2 is 0.466 bits per heavy atom. The Balaban J connectivity index is 1.02. The molecule has 0 aliphatic heterocycles. The third kappa shape index (κ3) is 9.60. The number of nitrogens with zero attached hydrogens (tertiary/aromatic N) is 17. The number of para-hydroxylation sites is 1. The van der Waals surface area contributed by atoms with Crippen LogP contribution >= 0.6 is 0 Å². The topological polar surface area (TPSA) is 203 Å². The SMILES string of the molecule is Cc1nc(C)nc(-c2ccc3c(c2)c2cc(-c4nc(C)nc(C)n4)ccc2n3-c2ccccc2-c2cc(-c3nc(-c4ccccc4)nc(-c4ccccc4)n3)ccc2-n2c3ccc(-c4nc(C)nc(C)n4)cc3c3cc(-c4nc(C)nc(C)n4)ccc32)n1. The maximum atomic E-state index is 5.28. The quantitative estimate of drug-likeness (QED) is 0.125. The van der Waals surface area contributed by atoms with E-state index in [0.29, 0.717) is 87.4 Å². The number of hydrogen-bond acceptors (Lipinski definition) is 15. The molecule has 15 rings (SSSR count). The number of hydrogen-bond donors (Lipinski definition) is 0. The molecule has 0 amide bonds. The van der Waals surface area contributed by atoms with E-state index in [1.807, 2.05) is 116 Å². The molecule has 17 nitrogen and oxygen atoms in total. The van der Waals surface area contributed by atoms with Crippen LogP contribution in [0, 0.1) is 55.4 Å². The van der Waals surface area contributed by atoms with Gasteiger partial charge in [0.25, 0.3) is 0 Å². The average molecular weight is 1140 g/mol. The zero-order valence-electron chi connectivity index (χ0n) is 49.3. The Kier molecular flexibility index (Phi) is 12.8. The predicted molar refractivity (Wildman–Crippen MR) is 343 cm³/mol. The van der Waals surface area contributed by atoms with Crippen molar-refractivity contribution in [2.45, 2.75) is 55.4 Å². The van der Waals surface area contributed by atoms with E-state index in [1.54, 1.807) is 0 Å². The second kappa shape index (κ2) is 21.2. The van der Waals surface area contributed by atoms with Crippen LogP contribution in [0.15, 0.2) is 176 Å². The van der Waals surface area contributed by atoms with Gasteiger partial charge < -0.3 is 9.13 Å². The monoisotopic (exact) mass is 1140 g/mol. The minimum absolute atomic E-state index is 0.518. The molecule has 17 heteroatoms. The van der Waals surface area contributed by atoms with Crippen molar-refractivity contribution in [2.24, 2.45) is 0 Å². The van der Waals surface area contributed by atoms with Crippen molar-refractivity contribution in [1.82, 2.24) is 83.9 Å². The average Bonchev–Trinajstić information content (AvgIpc) is 1.62. The van der Waals surface area contributed by atoms with Crippen LogP contribution in [0.25, 0.3) is 146 Å². The van der Waals surface area contributed by atoms with E-state index in [1.165, 1.54) is 0 Å². The van der Waals surface area contributed by atoms with E-state index in [4.69, 9.17) is 54.8 Å². The highest BCUT2D eigenvalue weighted by atomic mass is 15.1. The Morgan fingerprint density at radius 3 is 0.807 bits per heavy atom. The highest BCUT2D eigenvalue weighted by Gasteiger charge is 2.25. The molecule has 422 valence electrons.